The van der Waals surface area contributed by atoms with Crippen LogP contribution < -0.4 is 11.1 Å². The first-order chi connectivity index (χ1) is 8.93. The zero-order valence-corrected chi connectivity index (χ0v) is 11.0. The highest BCUT2D eigenvalue weighted by molar-refractivity contribution is 6.02. The number of carboxylic acids is 1. The molecule has 0 aromatic heterocycles. The average molecular weight is 276 g/mol. The van der Waals surface area contributed by atoms with Crippen LogP contribution in [0.3, 0.4) is 0 Å². The van der Waals surface area contributed by atoms with Crippen molar-refractivity contribution >= 4 is 17.8 Å². The van der Waals surface area contributed by atoms with Crippen LogP contribution in [-0.4, -0.2) is 55.4 Å². The maximum absolute atomic E-state index is 11.6. The van der Waals surface area contributed by atoms with Gasteiger partial charge in [-0.25, -0.2) is 9.59 Å². The van der Waals surface area contributed by atoms with Crippen LogP contribution in [-0.2, 0) is 23.9 Å². The number of esters is 1. The zero-order chi connectivity index (χ0) is 14.8. The summed E-state index contributed by atoms with van der Waals surface area (Å²) in [6.07, 6.45) is 0.646. The molecule has 0 aromatic carbocycles. The number of nitrogens with two attached hydrogens (primary N) is 1. The van der Waals surface area contributed by atoms with E-state index in [1.54, 1.807) is 6.92 Å². The molecule has 0 heterocycles. The molecule has 8 heteroatoms. The number of hydrogen-bond acceptors (Lipinski definition) is 6. The molecule has 0 aliphatic heterocycles. The summed E-state index contributed by atoms with van der Waals surface area (Å²) >= 11 is 0. The van der Waals surface area contributed by atoms with Crippen molar-refractivity contribution in [2.24, 2.45) is 5.73 Å². The van der Waals surface area contributed by atoms with Crippen molar-refractivity contribution in [3.05, 3.63) is 0 Å². The van der Waals surface area contributed by atoms with Crippen LogP contribution in [0.2, 0.25) is 0 Å². The third-order valence-corrected chi connectivity index (χ3v) is 2.28. The molecule has 2 atom stereocenters. The minimum absolute atomic E-state index is 0.0933. The van der Waals surface area contributed by atoms with Gasteiger partial charge in [0, 0.05) is 13.7 Å². The van der Waals surface area contributed by atoms with Crippen molar-refractivity contribution in [3.63, 3.8) is 0 Å². The zero-order valence-electron chi connectivity index (χ0n) is 11.0. The SMILES string of the molecule is CCOC(=O)C(N)C(=O)NC(CCCOC)C(=O)O. The summed E-state index contributed by atoms with van der Waals surface area (Å²) in [5.41, 5.74) is 5.35. The molecule has 19 heavy (non-hydrogen) atoms. The van der Waals surface area contributed by atoms with E-state index in [4.69, 9.17) is 15.6 Å². The Morgan fingerprint density at radius 1 is 1.37 bits per heavy atom. The average Bonchev–Trinajstić information content (AvgIpc) is 2.36. The Kier molecular flexibility index (Phi) is 8.47. The standard InChI is InChI=1S/C11H20N2O6/c1-3-19-11(17)8(12)9(14)13-7(10(15)16)5-4-6-18-2/h7-8H,3-6,12H2,1-2H3,(H,13,14)(H,15,16). The number of aliphatic carboxylic acids is 1. The lowest BCUT2D eigenvalue weighted by Gasteiger charge is -2.16. The first-order valence-electron chi connectivity index (χ1n) is 5.88. The Labute approximate surface area is 111 Å². The summed E-state index contributed by atoms with van der Waals surface area (Å²) in [5, 5.41) is 11.1. The van der Waals surface area contributed by atoms with Gasteiger partial charge in [-0.05, 0) is 19.8 Å². The third kappa shape index (κ3) is 6.73. The molecule has 8 nitrogen and oxygen atoms in total. The van der Waals surface area contributed by atoms with Gasteiger partial charge in [0.25, 0.3) is 0 Å². The lowest BCUT2D eigenvalue weighted by atomic mass is 10.1. The number of hydrogen-bond donors (Lipinski definition) is 3. The fourth-order valence-electron chi connectivity index (χ4n) is 1.29. The molecular formula is C11H20N2O6. The normalized spacial score (nSPS) is 13.4. The number of methoxy groups -OCH3 is 1. The van der Waals surface area contributed by atoms with E-state index in [2.05, 4.69) is 10.1 Å². The molecule has 1 amide bonds. The second-order valence-electron chi connectivity index (χ2n) is 3.76. The van der Waals surface area contributed by atoms with E-state index in [1.807, 2.05) is 0 Å². The summed E-state index contributed by atoms with van der Waals surface area (Å²) < 4.78 is 9.36. The summed E-state index contributed by atoms with van der Waals surface area (Å²) in [6.45, 7) is 2.05. The van der Waals surface area contributed by atoms with Crippen LogP contribution in [0.15, 0.2) is 0 Å². The summed E-state index contributed by atoms with van der Waals surface area (Å²) in [4.78, 5) is 33.7. The van der Waals surface area contributed by atoms with Gasteiger partial charge in [0.2, 0.25) is 5.91 Å². The molecule has 0 aliphatic carbocycles. The van der Waals surface area contributed by atoms with Crippen molar-refractivity contribution in [1.29, 1.82) is 0 Å². The molecule has 4 N–H and O–H groups in total. The molecular weight excluding hydrogens is 256 g/mol. The van der Waals surface area contributed by atoms with Gasteiger partial charge in [0.05, 0.1) is 6.61 Å². The van der Waals surface area contributed by atoms with Crippen molar-refractivity contribution in [3.8, 4) is 0 Å². The van der Waals surface area contributed by atoms with Gasteiger partial charge in [-0.15, -0.1) is 0 Å². The summed E-state index contributed by atoms with van der Waals surface area (Å²) in [7, 11) is 1.49. The highest BCUT2D eigenvalue weighted by Gasteiger charge is 2.27. The Hall–Kier alpha value is -1.67. The first kappa shape index (κ1) is 17.3. The predicted molar refractivity (Wildman–Crippen MR) is 65.3 cm³/mol. The van der Waals surface area contributed by atoms with Gasteiger partial charge < -0.3 is 25.6 Å². The van der Waals surface area contributed by atoms with E-state index < -0.39 is 29.9 Å². The number of ether oxygens (including phenoxy) is 2. The molecule has 0 rings (SSSR count). The Balaban J connectivity index is 4.37. The molecule has 0 radical (unpaired) electrons. The van der Waals surface area contributed by atoms with Gasteiger partial charge in [0.1, 0.15) is 6.04 Å². The molecule has 0 saturated heterocycles. The first-order valence-corrected chi connectivity index (χ1v) is 5.88. The Bertz CT molecular complexity index is 320. The quantitative estimate of drug-likeness (QED) is 0.276. The molecule has 0 aromatic rings. The van der Waals surface area contributed by atoms with Crippen LogP contribution in [0.1, 0.15) is 19.8 Å². The second kappa shape index (κ2) is 9.29. The monoisotopic (exact) mass is 276 g/mol. The minimum Gasteiger partial charge on any atom is -0.480 e. The molecule has 0 bridgehead atoms. The highest BCUT2D eigenvalue weighted by Crippen LogP contribution is 1.99. The molecule has 110 valence electrons. The number of amides is 1. The van der Waals surface area contributed by atoms with Gasteiger partial charge in [0.15, 0.2) is 6.04 Å². The van der Waals surface area contributed by atoms with E-state index in [1.165, 1.54) is 7.11 Å². The molecule has 0 spiro atoms. The van der Waals surface area contributed by atoms with Crippen molar-refractivity contribution in [1.82, 2.24) is 5.32 Å². The lowest BCUT2D eigenvalue weighted by Crippen LogP contribution is -2.52. The van der Waals surface area contributed by atoms with Gasteiger partial charge in [-0.3, -0.25) is 4.79 Å². The second-order valence-corrected chi connectivity index (χ2v) is 3.76. The summed E-state index contributed by atoms with van der Waals surface area (Å²) in [5.74, 6) is -2.95. The van der Waals surface area contributed by atoms with Crippen LogP contribution >= 0.6 is 0 Å². The number of carbonyl (C=O) groups is 3. The highest BCUT2D eigenvalue weighted by atomic mass is 16.5. The Morgan fingerprint density at radius 2 is 2.00 bits per heavy atom. The van der Waals surface area contributed by atoms with Crippen molar-refractivity contribution < 1.29 is 29.0 Å². The topological polar surface area (TPSA) is 128 Å². The van der Waals surface area contributed by atoms with Crippen LogP contribution in [0.4, 0.5) is 0 Å². The van der Waals surface area contributed by atoms with Crippen molar-refractivity contribution in [2.75, 3.05) is 20.3 Å². The number of rotatable bonds is 9. The fraction of sp³-hybridized carbons (Fsp3) is 0.727. The van der Waals surface area contributed by atoms with Crippen LogP contribution in [0.25, 0.3) is 0 Å². The molecule has 0 saturated carbocycles. The number of carbonyl (C=O) groups excluding carboxylic acids is 2. The van der Waals surface area contributed by atoms with E-state index in [0.29, 0.717) is 13.0 Å². The maximum atomic E-state index is 11.6. The lowest BCUT2D eigenvalue weighted by molar-refractivity contribution is -0.150. The summed E-state index contributed by atoms with van der Waals surface area (Å²) in [6, 6.07) is -2.63. The molecule has 0 fully saturated rings. The number of nitrogens with one attached hydrogen (secondary N) is 1. The van der Waals surface area contributed by atoms with E-state index in [-0.39, 0.29) is 13.0 Å². The van der Waals surface area contributed by atoms with Gasteiger partial charge >= 0.3 is 11.9 Å². The Morgan fingerprint density at radius 3 is 2.47 bits per heavy atom. The molecule has 2 unspecified atom stereocenters. The third-order valence-electron chi connectivity index (χ3n) is 2.28. The van der Waals surface area contributed by atoms with Gasteiger partial charge in [-0.1, -0.05) is 0 Å². The smallest absolute Gasteiger partial charge is 0.332 e. The van der Waals surface area contributed by atoms with Gasteiger partial charge in [-0.2, -0.15) is 0 Å². The van der Waals surface area contributed by atoms with E-state index in [0.717, 1.165) is 0 Å². The fourth-order valence-corrected chi connectivity index (χ4v) is 1.29. The minimum atomic E-state index is -1.52. The largest absolute Gasteiger partial charge is 0.480 e. The van der Waals surface area contributed by atoms with E-state index in [9.17, 15) is 14.4 Å². The van der Waals surface area contributed by atoms with E-state index >= 15 is 0 Å². The van der Waals surface area contributed by atoms with Crippen LogP contribution in [0.5, 0.6) is 0 Å². The maximum Gasteiger partial charge on any atom is 0.332 e. The predicted octanol–water partition coefficient (Wildman–Crippen LogP) is -1.13. The molecule has 0 aliphatic rings. The van der Waals surface area contributed by atoms with Crippen molar-refractivity contribution in [2.45, 2.75) is 31.8 Å². The number of carboxylic acid groups (broad SMARTS) is 1. The van der Waals surface area contributed by atoms with Crippen LogP contribution in [0, 0.1) is 0 Å².